The molecule has 0 spiro atoms. The lowest BCUT2D eigenvalue weighted by molar-refractivity contribution is 0.216. The first-order valence-corrected chi connectivity index (χ1v) is 7.90. The van der Waals surface area contributed by atoms with E-state index in [1.165, 1.54) is 0 Å². The zero-order valence-electron chi connectivity index (χ0n) is 8.02. The summed E-state index contributed by atoms with van der Waals surface area (Å²) >= 11 is 0. The van der Waals surface area contributed by atoms with E-state index in [-0.39, 0.29) is 6.10 Å². The number of allylic oxidation sites excluding steroid dienone is 1. The van der Waals surface area contributed by atoms with Gasteiger partial charge in [-0.3, -0.25) is 0 Å². The lowest BCUT2D eigenvalue weighted by Gasteiger charge is -2.05. The summed E-state index contributed by atoms with van der Waals surface area (Å²) < 4.78 is 0. The van der Waals surface area contributed by atoms with Crippen molar-refractivity contribution in [1.29, 1.82) is 0 Å². The quantitative estimate of drug-likeness (QED) is 0.446. The molecule has 12 heavy (non-hydrogen) atoms. The molecular weight excluding hydrogens is 164 g/mol. The van der Waals surface area contributed by atoms with Gasteiger partial charge in [-0.05, 0) is 12.8 Å². The molecule has 0 heterocycles. The average molecular weight is 180 g/mol. The lowest BCUT2D eigenvalue weighted by Crippen LogP contribution is -2.17. The summed E-state index contributed by atoms with van der Waals surface area (Å²) in [6.07, 6.45) is 3.61. The first-order chi connectivity index (χ1) is 5.49. The van der Waals surface area contributed by atoms with E-state index in [9.17, 15) is 5.11 Å². The molecule has 0 fully saturated rings. The van der Waals surface area contributed by atoms with Gasteiger partial charge in [0.2, 0.25) is 0 Å². The largest absolute Gasteiger partial charge is 0.388 e. The molecule has 0 aromatic heterocycles. The Morgan fingerprint density at radius 2 is 2.17 bits per heavy atom. The molecule has 0 aromatic carbocycles. The highest BCUT2D eigenvalue weighted by Crippen LogP contribution is 2.17. The van der Waals surface area contributed by atoms with Crippen molar-refractivity contribution in [2.24, 2.45) is 0 Å². The summed E-state index contributed by atoms with van der Waals surface area (Å²) in [7, 11) is -1.27. The predicted octanol–water partition coefficient (Wildman–Crippen LogP) is 1.95. The molecule has 0 aliphatic heterocycles. The van der Waals surface area contributed by atoms with Gasteiger partial charge in [0.1, 0.15) is 8.07 Å². The molecule has 66 valence electrons. The van der Waals surface area contributed by atoms with Crippen molar-refractivity contribution >= 4 is 8.07 Å². The van der Waals surface area contributed by atoms with Crippen molar-refractivity contribution in [3.63, 3.8) is 0 Å². The molecule has 0 amide bonds. The Labute approximate surface area is 75.5 Å². The van der Waals surface area contributed by atoms with E-state index in [4.69, 9.17) is 0 Å². The molecule has 1 N–H and O–H groups in total. The Hall–Kier alpha value is -0.523. The van der Waals surface area contributed by atoms with Crippen LogP contribution in [0.3, 0.4) is 0 Å². The van der Waals surface area contributed by atoms with Crippen LogP contribution in [-0.2, 0) is 0 Å². The molecule has 0 bridgehead atoms. The van der Waals surface area contributed by atoms with Crippen LogP contribution in [0.2, 0.25) is 19.6 Å². The molecule has 1 rings (SSSR count). The van der Waals surface area contributed by atoms with Crippen LogP contribution in [0.15, 0.2) is 11.6 Å². The topological polar surface area (TPSA) is 20.2 Å². The fraction of sp³-hybridized carbons (Fsp3) is 0.600. The third-order valence-corrected chi connectivity index (χ3v) is 2.62. The maximum Gasteiger partial charge on any atom is 0.129 e. The minimum atomic E-state index is -1.27. The van der Waals surface area contributed by atoms with Gasteiger partial charge in [-0.2, -0.15) is 0 Å². The summed E-state index contributed by atoms with van der Waals surface area (Å²) in [6, 6.07) is 0. The third-order valence-electron chi connectivity index (χ3n) is 1.75. The molecule has 0 aromatic rings. The summed E-state index contributed by atoms with van der Waals surface area (Å²) in [6.45, 7) is 6.63. The van der Waals surface area contributed by atoms with Crippen molar-refractivity contribution in [3.05, 3.63) is 11.6 Å². The van der Waals surface area contributed by atoms with Gasteiger partial charge in [-0.1, -0.05) is 31.6 Å². The minimum absolute atomic E-state index is 0.283. The van der Waals surface area contributed by atoms with Gasteiger partial charge in [-0.15, -0.1) is 5.54 Å². The Morgan fingerprint density at radius 3 is 2.58 bits per heavy atom. The fourth-order valence-corrected chi connectivity index (χ4v) is 1.60. The highest BCUT2D eigenvalue weighted by molar-refractivity contribution is 6.83. The lowest BCUT2D eigenvalue weighted by atomic mass is 10.2. The standard InChI is InChI=1S/C10H16OSi/c1-12(2,3)8-7-9-5-4-6-10(9)11/h5,10-11H,4,6H2,1-3H3/t10-/m1/s1. The second kappa shape index (κ2) is 3.47. The summed E-state index contributed by atoms with van der Waals surface area (Å²) in [5.74, 6) is 3.09. The van der Waals surface area contributed by atoms with E-state index < -0.39 is 8.07 Å². The maximum atomic E-state index is 9.43. The van der Waals surface area contributed by atoms with Crippen LogP contribution in [0.5, 0.6) is 0 Å². The van der Waals surface area contributed by atoms with Crippen LogP contribution < -0.4 is 0 Å². The van der Waals surface area contributed by atoms with E-state index in [1.54, 1.807) is 0 Å². The van der Waals surface area contributed by atoms with Gasteiger partial charge in [0.05, 0.1) is 6.10 Å². The van der Waals surface area contributed by atoms with Crippen molar-refractivity contribution in [3.8, 4) is 11.5 Å². The highest BCUT2D eigenvalue weighted by Gasteiger charge is 2.14. The van der Waals surface area contributed by atoms with Gasteiger partial charge < -0.3 is 5.11 Å². The zero-order chi connectivity index (χ0) is 9.19. The van der Waals surface area contributed by atoms with Gasteiger partial charge in [0.15, 0.2) is 0 Å². The Balaban J connectivity index is 2.66. The van der Waals surface area contributed by atoms with Crippen molar-refractivity contribution in [2.75, 3.05) is 0 Å². The fourth-order valence-electron chi connectivity index (χ4n) is 1.08. The molecule has 0 radical (unpaired) electrons. The van der Waals surface area contributed by atoms with Gasteiger partial charge in [0, 0.05) is 5.57 Å². The van der Waals surface area contributed by atoms with E-state index in [0.717, 1.165) is 18.4 Å². The Bertz CT molecular complexity index is 249. The monoisotopic (exact) mass is 180 g/mol. The number of aliphatic hydroxyl groups excluding tert-OH is 1. The molecule has 1 atom stereocenters. The zero-order valence-corrected chi connectivity index (χ0v) is 9.02. The van der Waals surface area contributed by atoms with Crippen LogP contribution >= 0.6 is 0 Å². The smallest absolute Gasteiger partial charge is 0.129 e. The average Bonchev–Trinajstić information content (AvgIpc) is 2.29. The SMILES string of the molecule is C[Si](C)(C)C#CC1=CCC[C@H]1O. The van der Waals surface area contributed by atoms with E-state index in [1.807, 2.05) is 0 Å². The first-order valence-electron chi connectivity index (χ1n) is 4.40. The number of hydrogen-bond acceptors (Lipinski definition) is 1. The molecule has 1 nitrogen and oxygen atoms in total. The van der Waals surface area contributed by atoms with Crippen LogP contribution in [0.4, 0.5) is 0 Å². The molecule has 0 saturated carbocycles. The van der Waals surface area contributed by atoms with Crippen LogP contribution in [0.25, 0.3) is 0 Å². The van der Waals surface area contributed by atoms with E-state index >= 15 is 0 Å². The van der Waals surface area contributed by atoms with Gasteiger partial charge >= 0.3 is 0 Å². The Kier molecular flexibility index (Phi) is 2.76. The molecular formula is C10H16OSi. The number of rotatable bonds is 0. The maximum absolute atomic E-state index is 9.43. The molecule has 2 heteroatoms. The second-order valence-electron chi connectivity index (χ2n) is 4.25. The van der Waals surface area contributed by atoms with Crippen molar-refractivity contribution in [2.45, 2.75) is 38.6 Å². The van der Waals surface area contributed by atoms with E-state index in [2.05, 4.69) is 37.2 Å². The summed E-state index contributed by atoms with van der Waals surface area (Å²) in [5.41, 5.74) is 4.20. The Morgan fingerprint density at radius 1 is 1.50 bits per heavy atom. The van der Waals surface area contributed by atoms with Gasteiger partial charge in [0.25, 0.3) is 0 Å². The van der Waals surface area contributed by atoms with E-state index in [0.29, 0.717) is 0 Å². The van der Waals surface area contributed by atoms with Crippen LogP contribution in [-0.4, -0.2) is 19.3 Å². The summed E-state index contributed by atoms with van der Waals surface area (Å²) in [5, 5.41) is 9.43. The summed E-state index contributed by atoms with van der Waals surface area (Å²) in [4.78, 5) is 0. The second-order valence-corrected chi connectivity index (χ2v) is 9.00. The molecule has 1 aliphatic rings. The minimum Gasteiger partial charge on any atom is -0.388 e. The molecule has 0 unspecified atom stereocenters. The normalized spacial score (nSPS) is 23.0. The first kappa shape index (κ1) is 9.56. The number of hydrogen-bond donors (Lipinski definition) is 1. The van der Waals surface area contributed by atoms with Crippen molar-refractivity contribution < 1.29 is 5.11 Å². The van der Waals surface area contributed by atoms with Crippen LogP contribution in [0.1, 0.15) is 12.8 Å². The third kappa shape index (κ3) is 2.84. The van der Waals surface area contributed by atoms with Crippen molar-refractivity contribution in [1.82, 2.24) is 0 Å². The van der Waals surface area contributed by atoms with Crippen LogP contribution in [0, 0.1) is 11.5 Å². The highest BCUT2D eigenvalue weighted by atomic mass is 28.3. The number of aliphatic hydroxyl groups is 1. The molecule has 0 saturated heterocycles. The van der Waals surface area contributed by atoms with Gasteiger partial charge in [-0.25, -0.2) is 0 Å². The molecule has 1 aliphatic carbocycles. The predicted molar refractivity (Wildman–Crippen MR) is 54.4 cm³/mol.